The van der Waals surface area contributed by atoms with Crippen LogP contribution in [0, 0.1) is 6.92 Å². The van der Waals surface area contributed by atoms with Crippen molar-refractivity contribution in [3.63, 3.8) is 0 Å². The fourth-order valence-corrected chi connectivity index (χ4v) is 5.03. The second kappa shape index (κ2) is 7.16. The van der Waals surface area contributed by atoms with Gasteiger partial charge in [-0.05, 0) is 50.8 Å². The van der Waals surface area contributed by atoms with Crippen LogP contribution in [0.2, 0.25) is 0 Å². The van der Waals surface area contributed by atoms with Crippen LogP contribution >= 0.6 is 0 Å². The molecule has 2 bridgehead atoms. The van der Waals surface area contributed by atoms with Gasteiger partial charge in [0.1, 0.15) is 5.65 Å². The summed E-state index contributed by atoms with van der Waals surface area (Å²) in [5.41, 5.74) is 9.35. The lowest BCUT2D eigenvalue weighted by molar-refractivity contribution is 0.0583. The number of nitrogens with one attached hydrogen (secondary N) is 2. The number of benzene rings is 1. The van der Waals surface area contributed by atoms with Crippen molar-refractivity contribution >= 4 is 28.5 Å². The topological polar surface area (TPSA) is 104 Å². The Balaban J connectivity index is 1.38. The van der Waals surface area contributed by atoms with Crippen LogP contribution in [0.5, 0.6) is 0 Å². The third-order valence-electron chi connectivity index (χ3n) is 6.47. The number of rotatable bonds is 4. The molecule has 3 aromatic rings. The fraction of sp³-hybridized carbons (Fsp3) is 0.348. The summed E-state index contributed by atoms with van der Waals surface area (Å²) in [7, 11) is 0. The molecule has 0 radical (unpaired) electrons. The molecule has 3 atom stereocenters. The lowest BCUT2D eigenvalue weighted by Crippen LogP contribution is -2.49. The van der Waals surface area contributed by atoms with Crippen molar-refractivity contribution in [1.29, 1.82) is 0 Å². The van der Waals surface area contributed by atoms with E-state index in [9.17, 15) is 9.59 Å². The smallest absolute Gasteiger partial charge is 0.254 e. The molecular formula is C23H25N5O2. The molecule has 2 amide bonds. The van der Waals surface area contributed by atoms with Crippen molar-refractivity contribution in [3.8, 4) is 0 Å². The van der Waals surface area contributed by atoms with Crippen molar-refractivity contribution in [1.82, 2.24) is 14.9 Å². The van der Waals surface area contributed by atoms with Crippen LogP contribution in [0.3, 0.4) is 0 Å². The third-order valence-corrected chi connectivity index (χ3v) is 6.47. The number of nitrogens with two attached hydrogens (primary N) is 1. The number of aryl methyl sites for hydroxylation is 1. The highest BCUT2D eigenvalue weighted by Crippen LogP contribution is 2.39. The quantitative estimate of drug-likeness (QED) is 0.622. The van der Waals surface area contributed by atoms with Gasteiger partial charge in [0.15, 0.2) is 0 Å². The maximum absolute atomic E-state index is 13.2. The molecule has 2 saturated heterocycles. The predicted molar refractivity (Wildman–Crippen MR) is 115 cm³/mol. The number of H-pyrrole nitrogens is 1. The van der Waals surface area contributed by atoms with Crippen molar-refractivity contribution in [2.45, 2.75) is 50.7 Å². The summed E-state index contributed by atoms with van der Waals surface area (Å²) in [6.07, 6.45) is 7.05. The summed E-state index contributed by atoms with van der Waals surface area (Å²) in [5, 5.41) is 4.43. The fourth-order valence-electron chi connectivity index (χ4n) is 5.03. The van der Waals surface area contributed by atoms with Gasteiger partial charge in [-0.15, -0.1) is 0 Å². The van der Waals surface area contributed by atoms with E-state index in [2.05, 4.69) is 20.2 Å². The Morgan fingerprint density at radius 2 is 1.83 bits per heavy atom. The maximum Gasteiger partial charge on any atom is 0.254 e. The molecule has 0 spiro atoms. The van der Waals surface area contributed by atoms with Crippen molar-refractivity contribution in [3.05, 3.63) is 59.4 Å². The largest absolute Gasteiger partial charge is 0.381 e. The highest BCUT2D eigenvalue weighted by Gasteiger charge is 2.43. The van der Waals surface area contributed by atoms with E-state index in [1.807, 2.05) is 37.3 Å². The SMILES string of the molecule is Cc1ccc(C(=O)N2[C@@H]3CC[C@H]2CC(Nc2c(C(N)=O)cnc4[nH]ccc24)C3)cc1. The molecule has 30 heavy (non-hydrogen) atoms. The summed E-state index contributed by atoms with van der Waals surface area (Å²) in [6, 6.07) is 10.3. The Bertz CT molecular complexity index is 1110. The molecule has 2 aliphatic heterocycles. The van der Waals surface area contributed by atoms with E-state index in [4.69, 9.17) is 5.73 Å². The lowest BCUT2D eigenvalue weighted by atomic mass is 9.95. The van der Waals surface area contributed by atoms with Gasteiger partial charge in [-0.3, -0.25) is 9.59 Å². The van der Waals surface area contributed by atoms with E-state index in [0.29, 0.717) is 5.56 Å². The van der Waals surface area contributed by atoms with E-state index in [1.54, 1.807) is 6.20 Å². The Kier molecular flexibility index (Phi) is 4.46. The van der Waals surface area contributed by atoms with Crippen LogP contribution < -0.4 is 11.1 Å². The van der Waals surface area contributed by atoms with Crippen LogP contribution in [-0.4, -0.2) is 44.8 Å². The third kappa shape index (κ3) is 3.10. The van der Waals surface area contributed by atoms with Crippen molar-refractivity contribution < 1.29 is 9.59 Å². The standard InChI is InChI=1S/C23H25N5O2/c1-13-2-4-14(5-3-13)23(30)28-16-6-7-17(28)11-15(10-16)27-20-18-8-9-25-22(18)26-12-19(20)21(24)29/h2-5,8-9,12,15-17H,6-7,10-11H2,1H3,(H2,24,29)(H2,25,26,27)/t15?,16-,17+. The first-order chi connectivity index (χ1) is 14.5. The number of pyridine rings is 1. The first kappa shape index (κ1) is 18.7. The molecule has 5 rings (SSSR count). The molecule has 2 aromatic heterocycles. The van der Waals surface area contributed by atoms with Gasteiger partial charge >= 0.3 is 0 Å². The van der Waals surface area contributed by atoms with E-state index in [-0.39, 0.29) is 24.0 Å². The summed E-state index contributed by atoms with van der Waals surface area (Å²) in [4.78, 5) is 34.6. The summed E-state index contributed by atoms with van der Waals surface area (Å²) >= 11 is 0. The van der Waals surface area contributed by atoms with E-state index < -0.39 is 5.91 Å². The molecule has 4 heterocycles. The minimum atomic E-state index is -0.497. The zero-order chi connectivity index (χ0) is 20.8. The first-order valence-corrected chi connectivity index (χ1v) is 10.4. The Morgan fingerprint density at radius 3 is 2.50 bits per heavy atom. The van der Waals surface area contributed by atoms with Gasteiger partial charge in [0.25, 0.3) is 11.8 Å². The number of anilines is 1. The molecule has 2 aliphatic rings. The van der Waals surface area contributed by atoms with Gasteiger partial charge < -0.3 is 20.9 Å². The molecule has 154 valence electrons. The highest BCUT2D eigenvalue weighted by molar-refractivity contribution is 6.06. The number of piperidine rings is 1. The minimum Gasteiger partial charge on any atom is -0.381 e. The normalized spacial score (nSPS) is 23.0. The Hall–Kier alpha value is -3.35. The summed E-state index contributed by atoms with van der Waals surface area (Å²) in [6.45, 7) is 2.02. The lowest BCUT2D eigenvalue weighted by Gasteiger charge is -2.40. The second-order valence-corrected chi connectivity index (χ2v) is 8.43. The van der Waals surface area contributed by atoms with Crippen molar-refractivity contribution in [2.24, 2.45) is 5.73 Å². The molecule has 2 fully saturated rings. The van der Waals surface area contributed by atoms with Crippen LogP contribution in [0.25, 0.3) is 11.0 Å². The number of carbonyl (C=O) groups is 2. The number of fused-ring (bicyclic) bond motifs is 3. The number of primary amides is 1. The van der Waals surface area contributed by atoms with E-state index >= 15 is 0 Å². The average molecular weight is 403 g/mol. The van der Waals surface area contributed by atoms with Gasteiger partial charge in [-0.1, -0.05) is 17.7 Å². The number of aromatic amines is 1. The van der Waals surface area contributed by atoms with Gasteiger partial charge in [0.2, 0.25) is 0 Å². The number of amides is 2. The van der Waals surface area contributed by atoms with Crippen LogP contribution in [0.1, 0.15) is 52.0 Å². The second-order valence-electron chi connectivity index (χ2n) is 8.43. The average Bonchev–Trinajstić information content (AvgIpc) is 3.31. The van der Waals surface area contributed by atoms with Gasteiger partial charge in [-0.25, -0.2) is 4.98 Å². The molecule has 1 aromatic carbocycles. The van der Waals surface area contributed by atoms with Gasteiger partial charge in [0.05, 0.1) is 11.3 Å². The molecule has 1 unspecified atom stereocenters. The molecule has 0 aliphatic carbocycles. The van der Waals surface area contributed by atoms with Crippen LogP contribution in [0.4, 0.5) is 5.69 Å². The maximum atomic E-state index is 13.2. The molecule has 0 saturated carbocycles. The highest BCUT2D eigenvalue weighted by atomic mass is 16.2. The summed E-state index contributed by atoms with van der Waals surface area (Å²) in [5.74, 6) is -0.376. The predicted octanol–water partition coefficient (Wildman–Crippen LogP) is 3.22. The van der Waals surface area contributed by atoms with Gasteiger partial charge in [-0.2, -0.15) is 0 Å². The number of hydrogen-bond acceptors (Lipinski definition) is 4. The first-order valence-electron chi connectivity index (χ1n) is 10.4. The molecule has 4 N–H and O–H groups in total. The zero-order valence-corrected chi connectivity index (χ0v) is 16.9. The number of hydrogen-bond donors (Lipinski definition) is 3. The Morgan fingerprint density at radius 1 is 1.13 bits per heavy atom. The van der Waals surface area contributed by atoms with Crippen molar-refractivity contribution in [2.75, 3.05) is 5.32 Å². The molecule has 7 nitrogen and oxygen atoms in total. The number of nitrogens with zero attached hydrogens (tertiary/aromatic N) is 2. The van der Waals surface area contributed by atoms with Crippen LogP contribution in [0.15, 0.2) is 42.7 Å². The summed E-state index contributed by atoms with van der Waals surface area (Å²) < 4.78 is 0. The van der Waals surface area contributed by atoms with Crippen LogP contribution in [-0.2, 0) is 0 Å². The minimum absolute atomic E-state index is 0.121. The monoisotopic (exact) mass is 403 g/mol. The van der Waals surface area contributed by atoms with E-state index in [1.165, 1.54) is 6.20 Å². The zero-order valence-electron chi connectivity index (χ0n) is 16.9. The molecule has 7 heteroatoms. The van der Waals surface area contributed by atoms with E-state index in [0.717, 1.165) is 53.5 Å². The Labute approximate surface area is 174 Å². The number of aromatic nitrogens is 2. The molecular weight excluding hydrogens is 378 g/mol. The van der Waals surface area contributed by atoms with Gasteiger partial charge in [0, 0.05) is 41.5 Å². The number of carbonyl (C=O) groups excluding carboxylic acids is 2.